The predicted octanol–water partition coefficient (Wildman–Crippen LogP) is 3.32. The number of hydrogen-bond acceptors (Lipinski definition) is 3. The van der Waals surface area contributed by atoms with E-state index in [1.165, 1.54) is 0 Å². The van der Waals surface area contributed by atoms with E-state index in [0.29, 0.717) is 12.1 Å². The number of carbonyl (C=O) groups excluding carboxylic acids is 1. The van der Waals surface area contributed by atoms with Crippen LogP contribution < -0.4 is 10.6 Å². The Morgan fingerprint density at radius 3 is 2.30 bits per heavy atom. The maximum atomic E-state index is 12.2. The smallest absolute Gasteiger partial charge is 0.251 e. The number of aliphatic hydroxyl groups excluding tert-OH is 1. The van der Waals surface area contributed by atoms with Gasteiger partial charge in [0.25, 0.3) is 5.91 Å². The van der Waals surface area contributed by atoms with Gasteiger partial charge in [0.1, 0.15) is 0 Å². The number of benzene rings is 2. The lowest BCUT2D eigenvalue weighted by molar-refractivity contribution is 0.0919. The monoisotopic (exact) mass is 312 g/mol. The topological polar surface area (TPSA) is 61.4 Å². The zero-order valence-electron chi connectivity index (χ0n) is 13.9. The molecule has 0 saturated carbocycles. The van der Waals surface area contributed by atoms with Gasteiger partial charge in [0.05, 0.1) is 6.61 Å². The van der Waals surface area contributed by atoms with Gasteiger partial charge in [-0.15, -0.1) is 0 Å². The van der Waals surface area contributed by atoms with Gasteiger partial charge in [-0.05, 0) is 50.1 Å². The maximum absolute atomic E-state index is 12.2. The van der Waals surface area contributed by atoms with Crippen molar-refractivity contribution >= 4 is 11.6 Å². The molecule has 0 saturated heterocycles. The summed E-state index contributed by atoms with van der Waals surface area (Å²) < 4.78 is 0. The highest BCUT2D eigenvalue weighted by Gasteiger charge is 2.15. The zero-order chi connectivity index (χ0) is 16.9. The van der Waals surface area contributed by atoms with E-state index in [-0.39, 0.29) is 18.1 Å². The lowest BCUT2D eigenvalue weighted by Crippen LogP contribution is -2.40. The summed E-state index contributed by atoms with van der Waals surface area (Å²) in [6.45, 7) is 6.60. The van der Waals surface area contributed by atoms with Crippen LogP contribution >= 0.6 is 0 Å². The van der Waals surface area contributed by atoms with E-state index in [1.54, 1.807) is 0 Å². The molecule has 0 atom stereocenters. The van der Waals surface area contributed by atoms with Crippen molar-refractivity contribution in [3.63, 3.8) is 0 Å². The van der Waals surface area contributed by atoms with Gasteiger partial charge in [-0.2, -0.15) is 0 Å². The van der Waals surface area contributed by atoms with Crippen LogP contribution in [0.2, 0.25) is 0 Å². The lowest BCUT2D eigenvalue weighted by atomic mass is 10.1. The first-order chi connectivity index (χ1) is 10.9. The molecule has 23 heavy (non-hydrogen) atoms. The van der Waals surface area contributed by atoms with Gasteiger partial charge in [0.2, 0.25) is 0 Å². The molecule has 0 aromatic heterocycles. The number of amides is 1. The quantitative estimate of drug-likeness (QED) is 0.793. The first-order valence-corrected chi connectivity index (χ1v) is 7.72. The summed E-state index contributed by atoms with van der Waals surface area (Å²) >= 11 is 0. The molecule has 0 fully saturated rings. The van der Waals surface area contributed by atoms with Gasteiger partial charge in [-0.3, -0.25) is 4.79 Å². The normalized spacial score (nSPS) is 11.1. The fraction of sp³-hybridized carbons (Fsp3) is 0.316. The third-order valence-corrected chi connectivity index (χ3v) is 3.32. The molecule has 0 radical (unpaired) electrons. The Balaban J connectivity index is 2.00. The van der Waals surface area contributed by atoms with E-state index >= 15 is 0 Å². The molecule has 122 valence electrons. The maximum Gasteiger partial charge on any atom is 0.251 e. The molecule has 0 aliphatic heterocycles. The molecule has 3 N–H and O–H groups in total. The second kappa shape index (κ2) is 7.29. The van der Waals surface area contributed by atoms with E-state index in [1.807, 2.05) is 69.3 Å². The summed E-state index contributed by atoms with van der Waals surface area (Å²) in [5.74, 6) is -0.0755. The first kappa shape index (κ1) is 17.0. The van der Waals surface area contributed by atoms with Crippen molar-refractivity contribution in [2.24, 2.45) is 0 Å². The minimum atomic E-state index is -0.255. The first-order valence-electron chi connectivity index (χ1n) is 7.72. The second-order valence-electron chi connectivity index (χ2n) is 6.61. The van der Waals surface area contributed by atoms with Crippen LogP contribution in [0.25, 0.3) is 0 Å². The summed E-state index contributed by atoms with van der Waals surface area (Å²) in [5, 5.41) is 15.3. The highest BCUT2D eigenvalue weighted by molar-refractivity contribution is 5.95. The van der Waals surface area contributed by atoms with Crippen LogP contribution in [0.5, 0.6) is 0 Å². The summed E-state index contributed by atoms with van der Waals surface area (Å²) in [5.41, 5.74) is 3.30. The van der Waals surface area contributed by atoms with Crippen LogP contribution in [-0.2, 0) is 13.2 Å². The number of hydrogen-bond donors (Lipinski definition) is 3. The molecule has 0 bridgehead atoms. The predicted molar refractivity (Wildman–Crippen MR) is 93.4 cm³/mol. The number of carbonyl (C=O) groups is 1. The Morgan fingerprint density at radius 1 is 1.04 bits per heavy atom. The second-order valence-corrected chi connectivity index (χ2v) is 6.61. The third-order valence-electron chi connectivity index (χ3n) is 3.32. The molecule has 0 heterocycles. The van der Waals surface area contributed by atoms with Crippen LogP contribution in [0.4, 0.5) is 5.69 Å². The van der Waals surface area contributed by atoms with Gasteiger partial charge >= 0.3 is 0 Å². The van der Waals surface area contributed by atoms with Crippen molar-refractivity contribution < 1.29 is 9.90 Å². The van der Waals surface area contributed by atoms with Gasteiger partial charge in [0, 0.05) is 23.3 Å². The Bertz CT molecular complexity index is 658. The largest absolute Gasteiger partial charge is 0.392 e. The Morgan fingerprint density at radius 2 is 1.70 bits per heavy atom. The average Bonchev–Trinajstić information content (AvgIpc) is 2.52. The SMILES string of the molecule is CC(C)(C)NC(=O)c1cccc(NCc2ccc(CO)cc2)c1. The molecule has 0 unspecified atom stereocenters. The van der Waals surface area contributed by atoms with E-state index in [9.17, 15) is 4.79 Å². The van der Waals surface area contributed by atoms with E-state index < -0.39 is 0 Å². The molecule has 4 heteroatoms. The number of anilines is 1. The number of rotatable bonds is 5. The molecule has 2 aromatic carbocycles. The van der Waals surface area contributed by atoms with Crippen LogP contribution in [0.1, 0.15) is 42.3 Å². The molecule has 2 rings (SSSR count). The standard InChI is InChI=1S/C19H24N2O2/c1-19(2,3)21-18(23)16-5-4-6-17(11-16)20-12-14-7-9-15(13-22)10-8-14/h4-11,20,22H,12-13H2,1-3H3,(H,21,23). The van der Waals surface area contributed by atoms with Crippen LogP contribution in [-0.4, -0.2) is 16.6 Å². The summed E-state index contributed by atoms with van der Waals surface area (Å²) in [7, 11) is 0. The Labute approximate surface area is 137 Å². The summed E-state index contributed by atoms with van der Waals surface area (Å²) in [6.07, 6.45) is 0. The van der Waals surface area contributed by atoms with Crippen molar-refractivity contribution in [2.45, 2.75) is 39.5 Å². The molecule has 0 aliphatic carbocycles. The fourth-order valence-electron chi connectivity index (χ4n) is 2.15. The number of aliphatic hydroxyl groups is 1. The van der Waals surface area contributed by atoms with Crippen molar-refractivity contribution in [1.82, 2.24) is 5.32 Å². The average molecular weight is 312 g/mol. The minimum absolute atomic E-state index is 0.0542. The van der Waals surface area contributed by atoms with E-state index in [2.05, 4.69) is 10.6 Å². The fourth-order valence-corrected chi connectivity index (χ4v) is 2.15. The van der Waals surface area contributed by atoms with Gasteiger partial charge in [-0.25, -0.2) is 0 Å². The molecular formula is C19H24N2O2. The van der Waals surface area contributed by atoms with Crippen LogP contribution in [0, 0.1) is 0 Å². The van der Waals surface area contributed by atoms with E-state index in [0.717, 1.165) is 16.8 Å². The molecule has 4 nitrogen and oxygen atoms in total. The van der Waals surface area contributed by atoms with Crippen molar-refractivity contribution in [1.29, 1.82) is 0 Å². The number of nitrogens with one attached hydrogen (secondary N) is 2. The molecule has 1 amide bonds. The van der Waals surface area contributed by atoms with Crippen molar-refractivity contribution in [3.05, 3.63) is 65.2 Å². The highest BCUT2D eigenvalue weighted by atomic mass is 16.3. The van der Waals surface area contributed by atoms with E-state index in [4.69, 9.17) is 5.11 Å². The lowest BCUT2D eigenvalue weighted by Gasteiger charge is -2.20. The molecule has 0 aliphatic rings. The molecule has 2 aromatic rings. The van der Waals surface area contributed by atoms with Gasteiger partial charge in [0.15, 0.2) is 0 Å². The van der Waals surface area contributed by atoms with Crippen molar-refractivity contribution in [3.8, 4) is 0 Å². The Kier molecular flexibility index (Phi) is 5.40. The zero-order valence-corrected chi connectivity index (χ0v) is 13.9. The van der Waals surface area contributed by atoms with Gasteiger partial charge in [-0.1, -0.05) is 30.3 Å². The van der Waals surface area contributed by atoms with Gasteiger partial charge < -0.3 is 15.7 Å². The van der Waals surface area contributed by atoms with Crippen LogP contribution in [0.3, 0.4) is 0 Å². The third kappa shape index (κ3) is 5.42. The molecular weight excluding hydrogens is 288 g/mol. The summed E-state index contributed by atoms with van der Waals surface area (Å²) in [4.78, 5) is 12.2. The van der Waals surface area contributed by atoms with Crippen molar-refractivity contribution in [2.75, 3.05) is 5.32 Å². The highest BCUT2D eigenvalue weighted by Crippen LogP contribution is 2.14. The minimum Gasteiger partial charge on any atom is -0.392 e. The molecule has 0 spiro atoms. The Hall–Kier alpha value is -2.33. The van der Waals surface area contributed by atoms with Crippen LogP contribution in [0.15, 0.2) is 48.5 Å². The summed E-state index contributed by atoms with van der Waals surface area (Å²) in [6, 6.07) is 15.2.